The summed E-state index contributed by atoms with van der Waals surface area (Å²) >= 11 is 0. The summed E-state index contributed by atoms with van der Waals surface area (Å²) in [5, 5.41) is 11.5. The molecule has 0 radical (unpaired) electrons. The minimum atomic E-state index is -3.92. The lowest BCUT2D eigenvalue weighted by atomic mass is 10.1. The van der Waals surface area contributed by atoms with Gasteiger partial charge in [-0.05, 0) is 31.5 Å². The number of sulfonamides is 1. The van der Waals surface area contributed by atoms with E-state index in [9.17, 15) is 18.0 Å². The Morgan fingerprint density at radius 3 is 2.48 bits per heavy atom. The Balaban J connectivity index is 3.10. The molecular formula is C13H18N2O5S. The molecule has 0 atom stereocenters. The first-order chi connectivity index (χ1) is 9.70. The molecule has 8 heteroatoms. The lowest BCUT2D eigenvalue weighted by Gasteiger charge is -2.17. The number of aromatic carboxylic acids is 1. The number of aryl methyl sites for hydroxylation is 1. The molecule has 1 rings (SSSR count). The Hall–Kier alpha value is -1.93. The van der Waals surface area contributed by atoms with Crippen molar-refractivity contribution in [1.82, 2.24) is 9.62 Å². The number of carbonyl (C=O) groups excluding carboxylic acids is 1. The van der Waals surface area contributed by atoms with Gasteiger partial charge in [-0.15, -0.1) is 0 Å². The van der Waals surface area contributed by atoms with Crippen LogP contribution in [0.1, 0.15) is 22.8 Å². The average Bonchev–Trinajstić information content (AvgIpc) is 2.38. The summed E-state index contributed by atoms with van der Waals surface area (Å²) in [6.45, 7) is 3.39. The molecule has 1 amide bonds. The number of hydrogen-bond donors (Lipinski definition) is 2. The van der Waals surface area contributed by atoms with Gasteiger partial charge in [-0.3, -0.25) is 4.79 Å². The van der Waals surface area contributed by atoms with Crippen molar-refractivity contribution >= 4 is 21.9 Å². The van der Waals surface area contributed by atoms with Crippen LogP contribution in [0.5, 0.6) is 0 Å². The predicted octanol–water partition coefficient (Wildman–Crippen LogP) is 0.450. The number of amides is 1. The zero-order valence-corrected chi connectivity index (χ0v) is 12.9. The Morgan fingerprint density at radius 2 is 1.95 bits per heavy atom. The highest BCUT2D eigenvalue weighted by atomic mass is 32.2. The second-order valence-corrected chi connectivity index (χ2v) is 6.54. The molecule has 0 aromatic heterocycles. The molecule has 0 fully saturated rings. The summed E-state index contributed by atoms with van der Waals surface area (Å²) in [5.41, 5.74) is 0.385. The van der Waals surface area contributed by atoms with E-state index in [2.05, 4.69) is 5.32 Å². The molecule has 0 bridgehead atoms. The Bertz CT molecular complexity index is 655. The molecule has 1 aromatic rings. The van der Waals surface area contributed by atoms with Crippen molar-refractivity contribution in [3.63, 3.8) is 0 Å². The van der Waals surface area contributed by atoms with Gasteiger partial charge in [0.15, 0.2) is 0 Å². The number of carboxylic acid groups (broad SMARTS) is 1. The van der Waals surface area contributed by atoms with Gasteiger partial charge in [0.25, 0.3) is 0 Å². The SMILES string of the molecule is CCNC(=O)CN(C)S(=O)(=O)c1ccc(C)c(C(=O)O)c1. The third-order valence-corrected chi connectivity index (χ3v) is 4.69. The fourth-order valence-corrected chi connectivity index (χ4v) is 2.87. The molecule has 0 saturated heterocycles. The number of nitrogens with zero attached hydrogens (tertiary/aromatic N) is 1. The Labute approximate surface area is 123 Å². The number of likely N-dealkylation sites (N-methyl/N-ethyl adjacent to an activating group) is 2. The maximum absolute atomic E-state index is 12.3. The molecule has 0 heterocycles. The van der Waals surface area contributed by atoms with Crippen molar-refractivity contribution in [2.75, 3.05) is 20.1 Å². The molecule has 0 aliphatic carbocycles. The minimum Gasteiger partial charge on any atom is -0.478 e. The highest BCUT2D eigenvalue weighted by molar-refractivity contribution is 7.89. The summed E-state index contributed by atoms with van der Waals surface area (Å²) in [6, 6.07) is 3.85. The maximum atomic E-state index is 12.3. The average molecular weight is 314 g/mol. The molecular weight excluding hydrogens is 296 g/mol. The molecule has 0 aliphatic heterocycles. The fraction of sp³-hybridized carbons (Fsp3) is 0.385. The van der Waals surface area contributed by atoms with Gasteiger partial charge in [0.1, 0.15) is 0 Å². The third kappa shape index (κ3) is 4.02. The number of carboxylic acids is 1. The van der Waals surface area contributed by atoms with Crippen LogP contribution >= 0.6 is 0 Å². The topological polar surface area (TPSA) is 104 Å². The van der Waals surface area contributed by atoms with Crippen molar-refractivity contribution < 1.29 is 23.1 Å². The first-order valence-electron chi connectivity index (χ1n) is 6.27. The second-order valence-electron chi connectivity index (χ2n) is 4.50. The van der Waals surface area contributed by atoms with E-state index in [0.717, 1.165) is 10.4 Å². The molecule has 0 spiro atoms. The quantitative estimate of drug-likeness (QED) is 0.793. The van der Waals surface area contributed by atoms with Crippen LogP contribution in [0.2, 0.25) is 0 Å². The zero-order valence-electron chi connectivity index (χ0n) is 12.1. The largest absolute Gasteiger partial charge is 0.478 e. The molecule has 7 nitrogen and oxygen atoms in total. The van der Waals surface area contributed by atoms with Crippen molar-refractivity contribution in [2.24, 2.45) is 0 Å². The van der Waals surface area contributed by atoms with Crippen LogP contribution in [-0.4, -0.2) is 49.8 Å². The van der Waals surface area contributed by atoms with E-state index in [-0.39, 0.29) is 17.0 Å². The smallest absolute Gasteiger partial charge is 0.335 e. The van der Waals surface area contributed by atoms with Crippen LogP contribution < -0.4 is 5.32 Å². The summed E-state index contributed by atoms with van der Waals surface area (Å²) < 4.78 is 25.5. The van der Waals surface area contributed by atoms with Crippen LogP contribution in [-0.2, 0) is 14.8 Å². The van der Waals surface area contributed by atoms with E-state index in [1.165, 1.54) is 19.2 Å². The zero-order chi connectivity index (χ0) is 16.2. The molecule has 2 N–H and O–H groups in total. The molecule has 1 aromatic carbocycles. The second kappa shape index (κ2) is 6.68. The van der Waals surface area contributed by atoms with Gasteiger partial charge in [-0.2, -0.15) is 4.31 Å². The first kappa shape index (κ1) is 17.1. The van der Waals surface area contributed by atoms with Crippen LogP contribution in [0, 0.1) is 6.92 Å². The number of rotatable bonds is 6. The maximum Gasteiger partial charge on any atom is 0.335 e. The van der Waals surface area contributed by atoms with Crippen LogP contribution in [0.4, 0.5) is 0 Å². The van der Waals surface area contributed by atoms with E-state index >= 15 is 0 Å². The lowest BCUT2D eigenvalue weighted by Crippen LogP contribution is -2.38. The van der Waals surface area contributed by atoms with Gasteiger partial charge in [-0.25, -0.2) is 13.2 Å². The van der Waals surface area contributed by atoms with Crippen LogP contribution in [0.25, 0.3) is 0 Å². The van der Waals surface area contributed by atoms with Gasteiger partial charge < -0.3 is 10.4 Å². The summed E-state index contributed by atoms with van der Waals surface area (Å²) in [4.78, 5) is 22.4. The van der Waals surface area contributed by atoms with Gasteiger partial charge in [0.05, 0.1) is 17.0 Å². The van der Waals surface area contributed by atoms with E-state index in [1.54, 1.807) is 13.8 Å². The summed E-state index contributed by atoms with van der Waals surface area (Å²) in [5.74, 6) is -1.62. The number of hydrogen-bond acceptors (Lipinski definition) is 4. The fourth-order valence-electron chi connectivity index (χ4n) is 1.71. The number of carbonyl (C=O) groups is 2. The van der Waals surface area contributed by atoms with Gasteiger partial charge >= 0.3 is 5.97 Å². The summed E-state index contributed by atoms with van der Waals surface area (Å²) in [6.07, 6.45) is 0. The standard InChI is InChI=1S/C13H18N2O5S/c1-4-14-12(16)8-15(3)21(19,20)10-6-5-9(2)11(7-10)13(17)18/h5-7H,4,8H2,1-3H3,(H,14,16)(H,17,18). The Morgan fingerprint density at radius 1 is 1.33 bits per heavy atom. The van der Waals surface area contributed by atoms with E-state index in [1.807, 2.05) is 0 Å². The first-order valence-corrected chi connectivity index (χ1v) is 7.71. The Kier molecular flexibility index (Phi) is 5.45. The minimum absolute atomic E-state index is 0.0810. The van der Waals surface area contributed by atoms with Crippen LogP contribution in [0.3, 0.4) is 0 Å². The van der Waals surface area contributed by atoms with E-state index < -0.39 is 21.9 Å². The number of benzene rings is 1. The molecule has 21 heavy (non-hydrogen) atoms. The van der Waals surface area contributed by atoms with Crippen molar-refractivity contribution in [1.29, 1.82) is 0 Å². The monoisotopic (exact) mass is 314 g/mol. The highest BCUT2D eigenvalue weighted by Crippen LogP contribution is 2.18. The van der Waals surface area contributed by atoms with Gasteiger partial charge in [0.2, 0.25) is 15.9 Å². The summed E-state index contributed by atoms with van der Waals surface area (Å²) in [7, 11) is -2.65. The van der Waals surface area contributed by atoms with Crippen molar-refractivity contribution in [3.05, 3.63) is 29.3 Å². The van der Waals surface area contributed by atoms with E-state index in [0.29, 0.717) is 12.1 Å². The number of nitrogens with one attached hydrogen (secondary N) is 1. The molecule has 0 unspecified atom stereocenters. The normalized spacial score (nSPS) is 11.4. The van der Waals surface area contributed by atoms with Gasteiger partial charge in [0, 0.05) is 13.6 Å². The van der Waals surface area contributed by atoms with Crippen LogP contribution in [0.15, 0.2) is 23.1 Å². The predicted molar refractivity (Wildman–Crippen MR) is 76.6 cm³/mol. The molecule has 0 aliphatic rings. The van der Waals surface area contributed by atoms with Crippen molar-refractivity contribution in [3.8, 4) is 0 Å². The van der Waals surface area contributed by atoms with Gasteiger partial charge in [-0.1, -0.05) is 6.07 Å². The molecule has 0 saturated carbocycles. The van der Waals surface area contributed by atoms with Crippen molar-refractivity contribution in [2.45, 2.75) is 18.7 Å². The van der Waals surface area contributed by atoms with E-state index in [4.69, 9.17) is 5.11 Å². The molecule has 116 valence electrons. The lowest BCUT2D eigenvalue weighted by molar-refractivity contribution is -0.121. The third-order valence-electron chi connectivity index (χ3n) is 2.89. The highest BCUT2D eigenvalue weighted by Gasteiger charge is 2.24.